The van der Waals surface area contributed by atoms with E-state index in [0.29, 0.717) is 16.3 Å². The van der Waals surface area contributed by atoms with Crippen molar-refractivity contribution in [3.63, 3.8) is 0 Å². The standard InChI is InChI=1S/C21H16FN3OS2/c22-11-6-8-12(9-7-11)24-20(26)19-18(23)17-16(15-5-2-10-27-15)13-3-1-4-14(13)25-21(17)28-19/h2,5-10H,1,3-4,23H2,(H,24,26). The van der Waals surface area contributed by atoms with Gasteiger partial charge in [0.1, 0.15) is 15.5 Å². The first-order valence-corrected chi connectivity index (χ1v) is 10.7. The van der Waals surface area contributed by atoms with Gasteiger partial charge in [0.2, 0.25) is 0 Å². The minimum atomic E-state index is -0.348. The van der Waals surface area contributed by atoms with Gasteiger partial charge in [0.15, 0.2) is 0 Å². The molecule has 0 radical (unpaired) electrons. The first kappa shape index (κ1) is 17.3. The van der Waals surface area contributed by atoms with Crippen molar-refractivity contribution in [2.24, 2.45) is 0 Å². The van der Waals surface area contributed by atoms with Crippen molar-refractivity contribution < 1.29 is 9.18 Å². The van der Waals surface area contributed by atoms with Crippen molar-refractivity contribution in [1.82, 2.24) is 4.98 Å². The third-order valence-electron chi connectivity index (χ3n) is 4.98. The zero-order chi connectivity index (χ0) is 19.3. The van der Waals surface area contributed by atoms with Gasteiger partial charge >= 0.3 is 0 Å². The van der Waals surface area contributed by atoms with Crippen LogP contribution in [0.4, 0.5) is 15.8 Å². The zero-order valence-corrected chi connectivity index (χ0v) is 16.4. The molecule has 1 aliphatic rings. The van der Waals surface area contributed by atoms with Gasteiger partial charge in [-0.25, -0.2) is 9.37 Å². The number of carbonyl (C=O) groups is 1. The number of nitrogen functional groups attached to an aromatic ring is 1. The number of aromatic nitrogens is 1. The molecular weight excluding hydrogens is 393 g/mol. The molecule has 3 N–H and O–H groups in total. The monoisotopic (exact) mass is 409 g/mol. The minimum absolute atomic E-state index is 0.301. The number of anilines is 2. The third kappa shape index (κ3) is 2.78. The molecule has 3 aromatic heterocycles. The van der Waals surface area contributed by atoms with Crippen molar-refractivity contribution >= 4 is 50.2 Å². The number of hydrogen-bond acceptors (Lipinski definition) is 5. The van der Waals surface area contributed by atoms with Crippen LogP contribution in [0.25, 0.3) is 20.7 Å². The number of nitrogens with one attached hydrogen (secondary N) is 1. The molecule has 4 nitrogen and oxygen atoms in total. The highest BCUT2D eigenvalue weighted by molar-refractivity contribution is 7.21. The number of rotatable bonds is 3. The largest absolute Gasteiger partial charge is 0.397 e. The molecule has 3 heterocycles. The van der Waals surface area contributed by atoms with Gasteiger partial charge in [-0.15, -0.1) is 22.7 Å². The predicted molar refractivity (Wildman–Crippen MR) is 114 cm³/mol. The Labute approximate surface area is 168 Å². The van der Waals surface area contributed by atoms with E-state index in [0.717, 1.165) is 45.6 Å². The van der Waals surface area contributed by atoms with Gasteiger partial charge in [-0.1, -0.05) is 6.07 Å². The van der Waals surface area contributed by atoms with Crippen LogP contribution >= 0.6 is 22.7 Å². The van der Waals surface area contributed by atoms with Crippen molar-refractivity contribution in [2.45, 2.75) is 19.3 Å². The predicted octanol–water partition coefficient (Wildman–Crippen LogP) is 5.49. The Morgan fingerprint density at radius 2 is 2.00 bits per heavy atom. The molecule has 0 spiro atoms. The lowest BCUT2D eigenvalue weighted by Gasteiger charge is -2.09. The number of aryl methyl sites for hydroxylation is 1. The van der Waals surface area contributed by atoms with Gasteiger partial charge in [0.25, 0.3) is 5.91 Å². The van der Waals surface area contributed by atoms with Crippen LogP contribution in [0.15, 0.2) is 41.8 Å². The summed E-state index contributed by atoms with van der Waals surface area (Å²) in [5.41, 5.74) is 11.0. The average Bonchev–Trinajstić information content (AvgIpc) is 3.42. The Morgan fingerprint density at radius 3 is 2.75 bits per heavy atom. The number of carbonyl (C=O) groups excluding carboxylic acids is 1. The maximum atomic E-state index is 13.1. The molecule has 0 unspecified atom stereocenters. The maximum absolute atomic E-state index is 13.1. The van der Waals surface area contributed by atoms with Crippen LogP contribution in [-0.4, -0.2) is 10.9 Å². The fourth-order valence-corrected chi connectivity index (χ4v) is 5.55. The van der Waals surface area contributed by atoms with Crippen molar-refractivity contribution in [3.8, 4) is 10.4 Å². The van der Waals surface area contributed by atoms with Crippen LogP contribution in [0.3, 0.4) is 0 Å². The van der Waals surface area contributed by atoms with Gasteiger partial charge in [-0.05, 0) is 60.5 Å². The van der Waals surface area contributed by atoms with Crippen LogP contribution < -0.4 is 11.1 Å². The highest BCUT2D eigenvalue weighted by atomic mass is 32.1. The van der Waals surface area contributed by atoms with Gasteiger partial charge in [0, 0.05) is 27.2 Å². The average molecular weight is 410 g/mol. The number of hydrogen-bond donors (Lipinski definition) is 2. The molecule has 0 bridgehead atoms. The summed E-state index contributed by atoms with van der Waals surface area (Å²) in [6.45, 7) is 0. The molecule has 0 saturated carbocycles. The summed E-state index contributed by atoms with van der Waals surface area (Å²) >= 11 is 2.99. The van der Waals surface area contributed by atoms with Gasteiger partial charge in [-0.2, -0.15) is 0 Å². The number of fused-ring (bicyclic) bond motifs is 2. The van der Waals surface area contributed by atoms with E-state index in [1.54, 1.807) is 11.3 Å². The number of halogens is 1. The first-order chi connectivity index (χ1) is 13.6. The zero-order valence-electron chi connectivity index (χ0n) is 14.8. The molecule has 0 fully saturated rings. The molecule has 7 heteroatoms. The fraction of sp³-hybridized carbons (Fsp3) is 0.143. The Kier molecular flexibility index (Phi) is 4.14. The van der Waals surface area contributed by atoms with Crippen LogP contribution in [0, 0.1) is 5.82 Å². The Balaban J connectivity index is 1.64. The number of nitrogens with two attached hydrogens (primary N) is 1. The fourth-order valence-electron chi connectivity index (χ4n) is 3.73. The second kappa shape index (κ2) is 6.68. The van der Waals surface area contributed by atoms with Crippen LogP contribution in [0.1, 0.15) is 27.3 Å². The summed E-state index contributed by atoms with van der Waals surface area (Å²) in [6, 6.07) is 9.79. The quantitative estimate of drug-likeness (QED) is 0.470. The molecular formula is C21H16FN3OS2. The SMILES string of the molecule is Nc1c(C(=O)Nc2ccc(F)cc2)sc2nc3c(c(-c4cccs4)c12)CCC3. The number of nitrogens with zero attached hydrogens (tertiary/aromatic N) is 1. The number of amides is 1. The summed E-state index contributed by atoms with van der Waals surface area (Å²) in [7, 11) is 0. The van der Waals surface area contributed by atoms with Gasteiger partial charge in [-0.3, -0.25) is 4.79 Å². The van der Waals surface area contributed by atoms with E-state index in [1.165, 1.54) is 41.2 Å². The van der Waals surface area contributed by atoms with Crippen molar-refractivity contribution in [1.29, 1.82) is 0 Å². The number of thiophene rings is 2. The highest BCUT2D eigenvalue weighted by Gasteiger charge is 2.26. The highest BCUT2D eigenvalue weighted by Crippen LogP contribution is 2.45. The minimum Gasteiger partial charge on any atom is -0.397 e. The van der Waals surface area contributed by atoms with E-state index in [-0.39, 0.29) is 11.7 Å². The molecule has 5 rings (SSSR count). The summed E-state index contributed by atoms with van der Waals surface area (Å²) in [4.78, 5) is 20.1. The lowest BCUT2D eigenvalue weighted by molar-refractivity contribution is 0.103. The molecule has 1 aromatic carbocycles. The third-order valence-corrected chi connectivity index (χ3v) is 6.96. The Morgan fingerprint density at radius 1 is 1.18 bits per heavy atom. The normalized spacial score (nSPS) is 13.0. The molecule has 28 heavy (non-hydrogen) atoms. The second-order valence-electron chi connectivity index (χ2n) is 6.73. The number of pyridine rings is 1. The Hall–Kier alpha value is -2.77. The van der Waals surface area contributed by atoms with E-state index >= 15 is 0 Å². The lowest BCUT2D eigenvalue weighted by atomic mass is 10.0. The first-order valence-electron chi connectivity index (χ1n) is 8.96. The summed E-state index contributed by atoms with van der Waals surface area (Å²) in [5.74, 6) is -0.650. The van der Waals surface area contributed by atoms with E-state index in [4.69, 9.17) is 10.7 Å². The summed E-state index contributed by atoms with van der Waals surface area (Å²) in [5, 5.41) is 5.72. The summed E-state index contributed by atoms with van der Waals surface area (Å²) < 4.78 is 13.1. The summed E-state index contributed by atoms with van der Waals surface area (Å²) in [6.07, 6.45) is 3.03. The molecule has 140 valence electrons. The smallest absolute Gasteiger partial charge is 0.267 e. The molecule has 0 atom stereocenters. The van der Waals surface area contributed by atoms with Crippen LogP contribution in [-0.2, 0) is 12.8 Å². The molecule has 0 saturated heterocycles. The molecule has 0 aliphatic heterocycles. The molecule has 4 aromatic rings. The molecule has 1 amide bonds. The number of benzene rings is 1. The van der Waals surface area contributed by atoms with E-state index in [9.17, 15) is 9.18 Å². The maximum Gasteiger partial charge on any atom is 0.267 e. The van der Waals surface area contributed by atoms with E-state index < -0.39 is 0 Å². The van der Waals surface area contributed by atoms with Gasteiger partial charge in [0.05, 0.1) is 5.69 Å². The lowest BCUT2D eigenvalue weighted by Crippen LogP contribution is -2.11. The molecule has 1 aliphatic carbocycles. The topological polar surface area (TPSA) is 68.0 Å². The van der Waals surface area contributed by atoms with E-state index in [1.807, 2.05) is 11.4 Å². The van der Waals surface area contributed by atoms with Crippen molar-refractivity contribution in [3.05, 3.63) is 63.7 Å². The van der Waals surface area contributed by atoms with Crippen LogP contribution in [0.2, 0.25) is 0 Å². The van der Waals surface area contributed by atoms with Gasteiger partial charge < -0.3 is 11.1 Å². The van der Waals surface area contributed by atoms with E-state index in [2.05, 4.69) is 11.4 Å². The van der Waals surface area contributed by atoms with Crippen LogP contribution in [0.5, 0.6) is 0 Å². The Bertz CT molecular complexity index is 1200. The van der Waals surface area contributed by atoms with Crippen molar-refractivity contribution in [2.75, 3.05) is 11.1 Å². The second-order valence-corrected chi connectivity index (χ2v) is 8.68.